The molecule has 1 aliphatic rings. The molecule has 0 bridgehead atoms. The third kappa shape index (κ3) is 18.3. The largest absolute Gasteiger partial charge is 0.480 e. The lowest BCUT2D eigenvalue weighted by Gasteiger charge is -2.13. The van der Waals surface area contributed by atoms with Crippen molar-refractivity contribution in [3.63, 3.8) is 0 Å². The molecule has 1 aromatic rings. The minimum Gasteiger partial charge on any atom is -0.480 e. The molecule has 0 spiro atoms. The molecule has 0 radical (unpaired) electrons. The van der Waals surface area contributed by atoms with Crippen LogP contribution in [0.3, 0.4) is 0 Å². The Balaban J connectivity index is 0. The van der Waals surface area contributed by atoms with Gasteiger partial charge in [0, 0.05) is 38.3 Å². The first-order chi connectivity index (χ1) is 16.3. The molecule has 4 N–H and O–H groups in total. The van der Waals surface area contributed by atoms with E-state index in [0.29, 0.717) is 0 Å². The highest BCUT2D eigenvalue weighted by Gasteiger charge is 2.18. The Morgan fingerprint density at radius 3 is 2.15 bits per heavy atom. The highest BCUT2D eigenvalue weighted by atomic mass is 16.4. The Labute approximate surface area is 206 Å². The van der Waals surface area contributed by atoms with Gasteiger partial charge in [-0.2, -0.15) is 0 Å². The Bertz CT molecular complexity index is 762. The van der Waals surface area contributed by atoms with E-state index in [4.69, 9.17) is 5.11 Å². The average molecular weight is 472 g/mol. The molecule has 1 atom stereocenters. The van der Waals surface area contributed by atoms with E-state index in [9.17, 15) is 9.59 Å². The van der Waals surface area contributed by atoms with Gasteiger partial charge in [0.15, 0.2) is 0 Å². The van der Waals surface area contributed by atoms with Crippen LogP contribution in [0, 0.1) is 0 Å². The number of carbonyl (C=O) groups excluding carboxylic acids is 1. The first-order valence-electron chi connectivity index (χ1n) is 11.8. The summed E-state index contributed by atoms with van der Waals surface area (Å²) >= 11 is 0. The summed E-state index contributed by atoms with van der Waals surface area (Å²) in [5.41, 5.74) is 4.68. The third-order valence-corrected chi connectivity index (χ3v) is 4.48. The van der Waals surface area contributed by atoms with Crippen molar-refractivity contribution in [1.29, 1.82) is 0 Å². The average Bonchev–Trinajstić information content (AvgIpc) is 3.66. The van der Waals surface area contributed by atoms with Gasteiger partial charge in [0.2, 0.25) is 5.91 Å². The number of carboxylic acid groups (broad SMARTS) is 1. The first kappa shape index (κ1) is 32.9. The molecule has 0 saturated heterocycles. The molecule has 1 unspecified atom stereocenters. The summed E-state index contributed by atoms with van der Waals surface area (Å²) < 4.78 is 0. The van der Waals surface area contributed by atoms with Gasteiger partial charge in [-0.25, -0.2) is 4.79 Å². The van der Waals surface area contributed by atoms with Crippen LogP contribution in [0.5, 0.6) is 0 Å². The van der Waals surface area contributed by atoms with E-state index < -0.39 is 12.0 Å². The van der Waals surface area contributed by atoms with Crippen molar-refractivity contribution in [3.05, 3.63) is 79.1 Å². The van der Waals surface area contributed by atoms with Crippen LogP contribution in [-0.4, -0.2) is 36.6 Å². The van der Waals surface area contributed by atoms with E-state index in [-0.39, 0.29) is 12.3 Å². The van der Waals surface area contributed by atoms with E-state index in [2.05, 4.69) is 48.7 Å². The van der Waals surface area contributed by atoms with Gasteiger partial charge in [-0.1, -0.05) is 50.3 Å². The summed E-state index contributed by atoms with van der Waals surface area (Å²) in [5.74, 6) is -1.37. The maximum atomic E-state index is 10.9. The van der Waals surface area contributed by atoms with Crippen LogP contribution >= 0.6 is 0 Å². The van der Waals surface area contributed by atoms with Crippen molar-refractivity contribution in [2.24, 2.45) is 0 Å². The van der Waals surface area contributed by atoms with E-state index in [1.807, 2.05) is 57.3 Å². The number of amides is 1. The van der Waals surface area contributed by atoms with Crippen molar-refractivity contribution in [3.8, 4) is 0 Å². The molecule has 190 valence electrons. The SMILES string of the molecule is C=C.C=C/C=C(\C)NCCCC=C1CC1.CC.CNc1ccc(CC(NC(C)=O)C(=O)O)cc1. The lowest BCUT2D eigenvalue weighted by Crippen LogP contribution is -2.41. The van der Waals surface area contributed by atoms with Crippen LogP contribution in [0.4, 0.5) is 5.69 Å². The number of nitrogens with one attached hydrogen (secondary N) is 3. The topological polar surface area (TPSA) is 90.5 Å². The van der Waals surface area contributed by atoms with Crippen molar-refractivity contribution < 1.29 is 14.7 Å². The number of carboxylic acids is 1. The van der Waals surface area contributed by atoms with Crippen LogP contribution in [0.1, 0.15) is 58.9 Å². The van der Waals surface area contributed by atoms with Gasteiger partial charge in [-0.15, -0.1) is 13.2 Å². The molecule has 0 heterocycles. The predicted molar refractivity (Wildman–Crippen MR) is 146 cm³/mol. The van der Waals surface area contributed by atoms with Gasteiger partial charge in [0.1, 0.15) is 6.04 Å². The predicted octanol–water partition coefficient (Wildman–Crippen LogP) is 5.85. The molecule has 0 aliphatic heterocycles. The summed E-state index contributed by atoms with van der Waals surface area (Å²) in [6, 6.07) is 6.52. The zero-order chi connectivity index (χ0) is 26.4. The minimum absolute atomic E-state index is 0.277. The van der Waals surface area contributed by atoms with Crippen LogP contribution in [-0.2, 0) is 16.0 Å². The minimum atomic E-state index is -1.03. The molecule has 1 saturated carbocycles. The zero-order valence-electron chi connectivity index (χ0n) is 21.7. The van der Waals surface area contributed by atoms with Crippen molar-refractivity contribution in [2.45, 2.75) is 65.8 Å². The molecule has 2 rings (SSSR count). The number of allylic oxidation sites excluding steroid dienone is 5. The number of aliphatic carboxylic acids is 1. The summed E-state index contributed by atoms with van der Waals surface area (Å²) in [4.78, 5) is 21.8. The Morgan fingerprint density at radius 2 is 1.71 bits per heavy atom. The molecule has 0 aromatic heterocycles. The lowest BCUT2D eigenvalue weighted by molar-refractivity contribution is -0.141. The molecule has 1 aromatic carbocycles. The molecule has 6 heteroatoms. The van der Waals surface area contributed by atoms with Crippen LogP contribution in [0.25, 0.3) is 0 Å². The third-order valence-electron chi connectivity index (χ3n) is 4.48. The maximum Gasteiger partial charge on any atom is 0.326 e. The normalized spacial score (nSPS) is 12.0. The standard InChI is InChI=1S/C12H16N2O3.C12H19N.C2H6.C2H4/c1-8(15)14-11(12(16)17)7-9-3-5-10(13-2)6-4-9;1-3-6-11(2)13-10-5-4-7-12-8-9-12;2*1-2/h3-6,11,13H,7H2,1-2H3,(H,14,15)(H,16,17);3,6-7,13H,1,4-5,8-10H2,2H3;1-2H3;1-2H2/b;11-6+;;. The first-order valence-corrected chi connectivity index (χ1v) is 11.8. The van der Waals surface area contributed by atoms with E-state index in [1.54, 1.807) is 5.57 Å². The smallest absolute Gasteiger partial charge is 0.326 e. The highest BCUT2D eigenvalue weighted by molar-refractivity contribution is 5.82. The van der Waals surface area contributed by atoms with Crippen molar-refractivity contribution in [2.75, 3.05) is 18.9 Å². The Hall–Kier alpha value is -3.28. The Morgan fingerprint density at radius 1 is 1.12 bits per heavy atom. The van der Waals surface area contributed by atoms with Gasteiger partial charge in [-0.3, -0.25) is 4.79 Å². The van der Waals surface area contributed by atoms with Gasteiger partial charge < -0.3 is 21.1 Å². The van der Waals surface area contributed by atoms with Gasteiger partial charge in [0.05, 0.1) is 0 Å². The fraction of sp³-hybridized carbons (Fsp3) is 0.429. The van der Waals surface area contributed by atoms with Gasteiger partial charge in [0.25, 0.3) is 0 Å². The number of hydrogen-bond acceptors (Lipinski definition) is 4. The number of unbranched alkanes of at least 4 members (excludes halogenated alkanes) is 1. The van der Waals surface area contributed by atoms with E-state index in [1.165, 1.54) is 38.3 Å². The van der Waals surface area contributed by atoms with Gasteiger partial charge in [-0.05, 0) is 56.4 Å². The van der Waals surface area contributed by atoms with Crippen LogP contribution in [0.15, 0.2) is 73.5 Å². The van der Waals surface area contributed by atoms with Crippen molar-refractivity contribution in [1.82, 2.24) is 10.6 Å². The molecule has 1 fully saturated rings. The molecular weight excluding hydrogens is 426 g/mol. The monoisotopic (exact) mass is 471 g/mol. The summed E-state index contributed by atoms with van der Waals surface area (Å²) in [6.45, 7) is 18.1. The second kappa shape index (κ2) is 21.6. The fourth-order valence-corrected chi connectivity index (χ4v) is 2.69. The van der Waals surface area contributed by atoms with E-state index >= 15 is 0 Å². The number of hydrogen-bond donors (Lipinski definition) is 4. The lowest BCUT2D eigenvalue weighted by atomic mass is 10.1. The molecule has 1 aliphatic carbocycles. The van der Waals surface area contributed by atoms with Crippen molar-refractivity contribution >= 4 is 17.6 Å². The summed E-state index contributed by atoms with van der Waals surface area (Å²) in [7, 11) is 1.81. The molecular formula is C28H45N3O3. The Kier molecular flexibility index (Phi) is 20.9. The quantitative estimate of drug-likeness (QED) is 0.184. The highest BCUT2D eigenvalue weighted by Crippen LogP contribution is 2.27. The molecule has 34 heavy (non-hydrogen) atoms. The number of rotatable bonds is 11. The van der Waals surface area contributed by atoms with E-state index in [0.717, 1.165) is 17.8 Å². The second-order valence-corrected chi connectivity index (χ2v) is 7.26. The molecule has 6 nitrogen and oxygen atoms in total. The molecule has 1 amide bonds. The zero-order valence-corrected chi connectivity index (χ0v) is 21.7. The second-order valence-electron chi connectivity index (χ2n) is 7.26. The summed E-state index contributed by atoms with van der Waals surface area (Å²) in [5, 5.41) is 17.7. The number of carbonyl (C=O) groups is 2. The van der Waals surface area contributed by atoms with Gasteiger partial charge >= 0.3 is 5.97 Å². The van der Waals surface area contributed by atoms with Crippen LogP contribution in [0.2, 0.25) is 0 Å². The maximum absolute atomic E-state index is 10.9. The summed E-state index contributed by atoms with van der Waals surface area (Å²) in [6.07, 6.45) is 11.6. The number of anilines is 1. The van der Waals surface area contributed by atoms with Crippen LogP contribution < -0.4 is 16.0 Å². The number of benzene rings is 1. The fourth-order valence-electron chi connectivity index (χ4n) is 2.69.